The molecule has 2 amide bonds. The van der Waals surface area contributed by atoms with Crippen molar-refractivity contribution in [1.29, 1.82) is 0 Å². The first-order valence-electron chi connectivity index (χ1n) is 3.40. The van der Waals surface area contributed by atoms with Crippen LogP contribution in [0.25, 0.3) is 0 Å². The van der Waals surface area contributed by atoms with E-state index in [4.69, 9.17) is 33.8 Å². The number of nitrogens with zero attached hydrogens (tertiary/aromatic N) is 3. The Hall–Kier alpha value is -1.27. The van der Waals surface area contributed by atoms with E-state index in [1.54, 1.807) is 0 Å². The summed E-state index contributed by atoms with van der Waals surface area (Å²) >= 11 is 11.1. The highest BCUT2D eigenvalue weighted by molar-refractivity contribution is 6.33. The number of nitrogens with two attached hydrogens (primary N) is 1. The Morgan fingerprint density at radius 3 is 2.43 bits per heavy atom. The molecule has 14 heavy (non-hydrogen) atoms. The molecule has 0 radical (unpaired) electrons. The first kappa shape index (κ1) is 10.8. The summed E-state index contributed by atoms with van der Waals surface area (Å²) in [4.78, 5) is 22.7. The molecular formula is C6H6Cl2N4O2. The molecule has 0 aromatic carbocycles. The SMILES string of the molecule is CN(Oc1nc(Cl)cc(Cl)n1)C(N)=O. The summed E-state index contributed by atoms with van der Waals surface area (Å²) in [6, 6.07) is 0.397. The Balaban J connectivity index is 2.81. The molecule has 1 heterocycles. The second kappa shape index (κ2) is 4.30. The zero-order valence-corrected chi connectivity index (χ0v) is 8.58. The van der Waals surface area contributed by atoms with Crippen molar-refractivity contribution in [3.8, 4) is 6.01 Å². The van der Waals surface area contributed by atoms with Crippen molar-refractivity contribution in [2.75, 3.05) is 7.05 Å². The molecule has 0 fully saturated rings. The normalized spacial score (nSPS) is 9.64. The Kier molecular flexibility index (Phi) is 3.32. The minimum Gasteiger partial charge on any atom is -0.349 e. The lowest BCUT2D eigenvalue weighted by Crippen LogP contribution is -2.35. The zero-order valence-electron chi connectivity index (χ0n) is 7.07. The minimum atomic E-state index is -0.787. The molecule has 8 heteroatoms. The number of aromatic nitrogens is 2. The molecule has 6 nitrogen and oxygen atoms in total. The number of hydroxylamine groups is 2. The van der Waals surface area contributed by atoms with Crippen LogP contribution in [-0.2, 0) is 0 Å². The fraction of sp³-hybridized carbons (Fsp3) is 0.167. The number of urea groups is 1. The minimum absolute atomic E-state index is 0.109. The predicted octanol–water partition coefficient (Wildman–Crippen LogP) is 1.09. The lowest BCUT2D eigenvalue weighted by Gasteiger charge is -2.12. The molecule has 0 saturated carbocycles. The van der Waals surface area contributed by atoms with Gasteiger partial charge in [-0.3, -0.25) is 0 Å². The highest BCUT2D eigenvalue weighted by Crippen LogP contribution is 2.15. The molecular weight excluding hydrogens is 231 g/mol. The molecule has 1 aromatic rings. The summed E-state index contributed by atoms with van der Waals surface area (Å²) in [5.74, 6) is 0. The summed E-state index contributed by atoms with van der Waals surface area (Å²) in [5, 5.41) is 0.970. The van der Waals surface area contributed by atoms with Gasteiger partial charge in [-0.1, -0.05) is 23.2 Å². The standard InChI is InChI=1S/C6H6Cl2N4O2/c1-12(5(9)13)14-6-10-3(7)2-4(8)11-6/h2H,1H3,(H2,9,13). The van der Waals surface area contributed by atoms with Gasteiger partial charge in [-0.25, -0.2) is 4.79 Å². The van der Waals surface area contributed by atoms with Crippen molar-refractivity contribution in [1.82, 2.24) is 15.0 Å². The summed E-state index contributed by atoms with van der Waals surface area (Å²) in [7, 11) is 1.31. The van der Waals surface area contributed by atoms with Crippen LogP contribution in [0.15, 0.2) is 6.07 Å². The average molecular weight is 237 g/mol. The van der Waals surface area contributed by atoms with E-state index in [9.17, 15) is 4.79 Å². The monoisotopic (exact) mass is 236 g/mol. The third kappa shape index (κ3) is 2.90. The molecule has 0 saturated heterocycles. The maximum Gasteiger partial charge on any atom is 0.347 e. The van der Waals surface area contributed by atoms with E-state index in [0.29, 0.717) is 0 Å². The van der Waals surface area contributed by atoms with E-state index in [2.05, 4.69) is 9.97 Å². The first-order chi connectivity index (χ1) is 6.49. The molecule has 0 spiro atoms. The van der Waals surface area contributed by atoms with Crippen LogP contribution in [0.5, 0.6) is 6.01 Å². The van der Waals surface area contributed by atoms with Crippen LogP contribution in [0.2, 0.25) is 10.3 Å². The molecule has 0 aliphatic rings. The number of primary amides is 1. The van der Waals surface area contributed by atoms with Gasteiger partial charge in [-0.2, -0.15) is 15.0 Å². The summed E-state index contributed by atoms with van der Waals surface area (Å²) < 4.78 is 0. The van der Waals surface area contributed by atoms with Gasteiger partial charge < -0.3 is 10.6 Å². The van der Waals surface area contributed by atoms with Crippen LogP contribution in [0.4, 0.5) is 4.79 Å². The zero-order chi connectivity index (χ0) is 10.7. The summed E-state index contributed by atoms with van der Waals surface area (Å²) in [5.41, 5.74) is 4.90. The van der Waals surface area contributed by atoms with Gasteiger partial charge in [0.25, 0.3) is 0 Å². The average Bonchev–Trinajstić information content (AvgIpc) is 2.01. The van der Waals surface area contributed by atoms with Crippen LogP contribution in [0.3, 0.4) is 0 Å². The van der Waals surface area contributed by atoms with Gasteiger partial charge in [-0.15, -0.1) is 0 Å². The molecule has 2 N–H and O–H groups in total. The molecule has 0 bridgehead atoms. The largest absolute Gasteiger partial charge is 0.349 e. The van der Waals surface area contributed by atoms with Crippen LogP contribution in [0.1, 0.15) is 0 Å². The van der Waals surface area contributed by atoms with Crippen molar-refractivity contribution in [2.24, 2.45) is 5.73 Å². The van der Waals surface area contributed by atoms with Crippen molar-refractivity contribution in [3.63, 3.8) is 0 Å². The van der Waals surface area contributed by atoms with Gasteiger partial charge in [0.15, 0.2) is 0 Å². The third-order valence-corrected chi connectivity index (χ3v) is 1.56. The number of hydrogen-bond acceptors (Lipinski definition) is 4. The summed E-state index contributed by atoms with van der Waals surface area (Å²) in [6.07, 6.45) is 0. The second-order valence-corrected chi connectivity index (χ2v) is 3.00. The lowest BCUT2D eigenvalue weighted by molar-refractivity contribution is 0.00654. The van der Waals surface area contributed by atoms with Crippen molar-refractivity contribution in [2.45, 2.75) is 0 Å². The highest BCUT2D eigenvalue weighted by atomic mass is 35.5. The van der Waals surface area contributed by atoms with Gasteiger partial charge in [0, 0.05) is 6.07 Å². The van der Waals surface area contributed by atoms with E-state index in [-0.39, 0.29) is 16.3 Å². The first-order valence-corrected chi connectivity index (χ1v) is 4.16. The Morgan fingerprint density at radius 1 is 1.50 bits per heavy atom. The molecule has 0 aliphatic heterocycles. The topological polar surface area (TPSA) is 81.3 Å². The number of rotatable bonds is 2. The third-order valence-electron chi connectivity index (χ3n) is 1.17. The fourth-order valence-electron chi connectivity index (χ4n) is 0.579. The van der Waals surface area contributed by atoms with Gasteiger partial charge in [0.1, 0.15) is 10.3 Å². The molecule has 0 atom stereocenters. The van der Waals surface area contributed by atoms with E-state index in [1.807, 2.05) is 0 Å². The number of carbonyl (C=O) groups excluding carboxylic acids is 1. The van der Waals surface area contributed by atoms with Crippen LogP contribution >= 0.6 is 23.2 Å². The van der Waals surface area contributed by atoms with Gasteiger partial charge >= 0.3 is 12.0 Å². The Labute approximate surface area is 89.5 Å². The van der Waals surface area contributed by atoms with Crippen molar-refractivity contribution >= 4 is 29.2 Å². The maximum absolute atomic E-state index is 10.6. The highest BCUT2D eigenvalue weighted by Gasteiger charge is 2.09. The smallest absolute Gasteiger partial charge is 0.347 e. The maximum atomic E-state index is 10.6. The Bertz CT molecular complexity index is 339. The molecule has 1 rings (SSSR count). The molecule has 0 unspecified atom stereocenters. The van der Waals surface area contributed by atoms with Gasteiger partial charge in [0.2, 0.25) is 0 Å². The van der Waals surface area contributed by atoms with E-state index < -0.39 is 6.03 Å². The summed E-state index contributed by atoms with van der Waals surface area (Å²) in [6.45, 7) is 0. The van der Waals surface area contributed by atoms with E-state index in [1.165, 1.54) is 13.1 Å². The number of hydrogen-bond donors (Lipinski definition) is 1. The Morgan fingerprint density at radius 2 is 2.00 bits per heavy atom. The van der Waals surface area contributed by atoms with E-state index >= 15 is 0 Å². The van der Waals surface area contributed by atoms with E-state index in [0.717, 1.165) is 5.06 Å². The second-order valence-electron chi connectivity index (χ2n) is 2.22. The van der Waals surface area contributed by atoms with Gasteiger partial charge in [0.05, 0.1) is 7.05 Å². The fourth-order valence-corrected chi connectivity index (χ4v) is 0.986. The molecule has 1 aromatic heterocycles. The number of amides is 2. The number of carbonyl (C=O) groups is 1. The predicted molar refractivity (Wildman–Crippen MR) is 50.0 cm³/mol. The van der Waals surface area contributed by atoms with Crippen LogP contribution < -0.4 is 10.6 Å². The quantitative estimate of drug-likeness (QED) is 0.616. The van der Waals surface area contributed by atoms with Crippen LogP contribution in [0, 0.1) is 0 Å². The lowest BCUT2D eigenvalue weighted by atomic mass is 10.7. The number of halogens is 2. The molecule has 0 aliphatic carbocycles. The van der Waals surface area contributed by atoms with Crippen LogP contribution in [-0.4, -0.2) is 28.1 Å². The van der Waals surface area contributed by atoms with Gasteiger partial charge in [-0.05, 0) is 0 Å². The van der Waals surface area contributed by atoms with Crippen molar-refractivity contribution < 1.29 is 9.63 Å². The van der Waals surface area contributed by atoms with Crippen molar-refractivity contribution in [3.05, 3.63) is 16.4 Å². The molecule has 76 valence electrons.